The van der Waals surface area contributed by atoms with Crippen LogP contribution in [0.15, 0.2) is 0 Å². The topological polar surface area (TPSA) is 81.7 Å². The van der Waals surface area contributed by atoms with Crippen LogP contribution in [0.5, 0.6) is 0 Å². The number of ketones is 1. The van der Waals surface area contributed by atoms with E-state index in [1.807, 2.05) is 0 Å². The monoisotopic (exact) mass is 377 g/mol. The van der Waals surface area contributed by atoms with Crippen molar-refractivity contribution in [2.75, 3.05) is 19.8 Å². The molecule has 0 aromatic rings. The Bertz CT molecular complexity index is 349. The summed E-state index contributed by atoms with van der Waals surface area (Å²) in [4.78, 5) is 35.3. The molecule has 0 amide bonds. The third-order valence-corrected chi connectivity index (χ3v) is 3.81. The van der Waals surface area contributed by atoms with Crippen LogP contribution in [0, 0.1) is 0 Å². The molecule has 0 bridgehead atoms. The van der Waals surface area contributed by atoms with Crippen molar-refractivity contribution < 1.29 is 23.9 Å². The molecule has 22 heavy (non-hydrogen) atoms. The first-order valence-electron chi connectivity index (χ1n) is 7.85. The van der Waals surface area contributed by atoms with Crippen LogP contribution in [0.4, 0.5) is 0 Å². The zero-order chi connectivity index (χ0) is 16.8. The van der Waals surface area contributed by atoms with Crippen molar-refractivity contribution in [3.8, 4) is 0 Å². The second-order valence-electron chi connectivity index (χ2n) is 4.76. The van der Waals surface area contributed by atoms with Gasteiger partial charge in [-0.25, -0.2) is 0 Å². The number of esters is 2. The van der Waals surface area contributed by atoms with Gasteiger partial charge in [0, 0.05) is 0 Å². The van der Waals surface area contributed by atoms with Gasteiger partial charge in [0.1, 0.15) is 0 Å². The van der Waals surface area contributed by atoms with Crippen molar-refractivity contribution >= 4 is 34.6 Å². The van der Waals surface area contributed by atoms with Crippen LogP contribution in [-0.4, -0.2) is 60.4 Å². The number of hydrogen-bond acceptors (Lipinski definition) is 6. The molecule has 0 aromatic heterocycles. The molecule has 0 aliphatic carbocycles. The van der Waals surface area contributed by atoms with Gasteiger partial charge in [-0.3, -0.25) is 0 Å². The van der Waals surface area contributed by atoms with Gasteiger partial charge in [-0.15, -0.1) is 0 Å². The fourth-order valence-corrected chi connectivity index (χ4v) is 2.48. The summed E-state index contributed by atoms with van der Waals surface area (Å²) in [5.41, 5.74) is 0. The molecular weight excluding hydrogens is 349 g/mol. The number of ether oxygens (including phenoxy) is 2. The predicted octanol–water partition coefficient (Wildman–Crippen LogP) is 0.642. The molecule has 0 saturated carbocycles. The van der Waals surface area contributed by atoms with Crippen LogP contribution in [0.25, 0.3) is 0 Å². The molecule has 0 heterocycles. The maximum absolute atomic E-state index is 12.1. The van der Waals surface area contributed by atoms with E-state index in [0.29, 0.717) is 13.0 Å². The summed E-state index contributed by atoms with van der Waals surface area (Å²) in [5.74, 6) is -1.10. The molecule has 128 valence electrons. The molecule has 0 aliphatic heterocycles. The van der Waals surface area contributed by atoms with E-state index in [0.717, 1.165) is 24.5 Å². The van der Waals surface area contributed by atoms with E-state index in [-0.39, 0.29) is 31.3 Å². The average Bonchev–Trinajstić information content (AvgIpc) is 2.48. The summed E-state index contributed by atoms with van der Waals surface area (Å²) in [6.07, 6.45) is 3.34. The molecule has 0 rings (SSSR count). The number of hydrogen-bond donors (Lipinski definition) is 1. The van der Waals surface area contributed by atoms with Crippen LogP contribution in [0.2, 0.25) is 5.21 Å². The number of rotatable bonds is 13. The molecule has 1 N–H and O–H groups in total. The van der Waals surface area contributed by atoms with Crippen LogP contribution < -0.4 is 5.32 Å². The van der Waals surface area contributed by atoms with E-state index >= 15 is 0 Å². The zero-order valence-corrected chi connectivity index (χ0v) is 16.0. The van der Waals surface area contributed by atoms with E-state index < -0.39 is 12.0 Å². The minimum atomic E-state index is -0.986. The molecule has 6 nitrogen and oxygen atoms in total. The molecule has 0 aliphatic rings. The van der Waals surface area contributed by atoms with Crippen molar-refractivity contribution in [3.05, 3.63) is 0 Å². The van der Waals surface area contributed by atoms with E-state index in [9.17, 15) is 14.4 Å². The number of carbonyl (C=O) groups is 3. The van der Waals surface area contributed by atoms with Gasteiger partial charge >= 0.3 is 127 Å². The van der Waals surface area contributed by atoms with Gasteiger partial charge in [-0.1, -0.05) is 0 Å². The molecular formula is C15H28AsNO5. The van der Waals surface area contributed by atoms with E-state index in [1.165, 1.54) is 0 Å². The van der Waals surface area contributed by atoms with E-state index in [2.05, 4.69) is 5.32 Å². The summed E-state index contributed by atoms with van der Waals surface area (Å²) in [5, 5.41) is 3.97. The Morgan fingerprint density at radius 3 is 2.27 bits per heavy atom. The van der Waals surface area contributed by atoms with Crippen molar-refractivity contribution in [1.82, 2.24) is 5.32 Å². The number of Topliss-reactive ketones (excluding diaryl/α,β-unsaturated/α-hetero) is 1. The molecule has 0 radical (unpaired) electrons. The molecule has 0 fully saturated rings. The molecule has 0 saturated heterocycles. The van der Waals surface area contributed by atoms with Gasteiger partial charge in [0.25, 0.3) is 0 Å². The quantitative estimate of drug-likeness (QED) is 0.220. The van der Waals surface area contributed by atoms with Crippen LogP contribution in [0.1, 0.15) is 46.0 Å². The van der Waals surface area contributed by atoms with Crippen LogP contribution >= 0.6 is 0 Å². The Morgan fingerprint density at radius 2 is 1.68 bits per heavy atom. The van der Waals surface area contributed by atoms with E-state index in [1.54, 1.807) is 30.7 Å². The van der Waals surface area contributed by atoms with Gasteiger partial charge in [0.05, 0.1) is 6.61 Å². The van der Waals surface area contributed by atoms with Gasteiger partial charge in [0.15, 0.2) is 0 Å². The molecule has 2 atom stereocenters. The summed E-state index contributed by atoms with van der Waals surface area (Å²) in [7, 11) is 0. The first kappa shape index (κ1) is 21.1. The average molecular weight is 377 g/mol. The maximum atomic E-state index is 12.1. The van der Waals surface area contributed by atoms with Gasteiger partial charge in [-0.05, 0) is 6.92 Å². The third kappa shape index (κ3) is 9.96. The number of carbonyl (C=O) groups excluding carboxylic acids is 3. The first-order valence-corrected chi connectivity index (χ1v) is 9.56. The van der Waals surface area contributed by atoms with Crippen molar-refractivity contribution in [1.29, 1.82) is 0 Å². The fourth-order valence-electron chi connectivity index (χ4n) is 1.87. The van der Waals surface area contributed by atoms with Gasteiger partial charge in [0.2, 0.25) is 0 Å². The Balaban J connectivity index is 4.33. The van der Waals surface area contributed by atoms with Crippen molar-refractivity contribution in [2.45, 2.75) is 57.2 Å². The third-order valence-electron chi connectivity index (χ3n) is 2.95. The van der Waals surface area contributed by atoms with Gasteiger partial charge in [-0.2, -0.15) is 0 Å². The molecule has 2 unspecified atom stereocenters. The normalized spacial score (nSPS) is 11.8. The van der Waals surface area contributed by atoms with Crippen molar-refractivity contribution in [3.63, 3.8) is 0 Å². The number of unbranched alkanes of at least 4 members (excludes halogenated alkanes) is 2. The second kappa shape index (κ2) is 13.8. The van der Waals surface area contributed by atoms with E-state index in [4.69, 9.17) is 9.47 Å². The summed E-state index contributed by atoms with van der Waals surface area (Å²) in [6, 6.07) is -0.986. The molecule has 7 heteroatoms. The standard InChI is InChI=1S/C15H28AsNO5/c1-3-21-13(19)9-11-17-14(15(20)22-4-2)12(18)8-6-5-7-10-16/h14,17H,3-11,16H2,1-2H3. The summed E-state index contributed by atoms with van der Waals surface area (Å²) in [6.45, 7) is 4.18. The van der Waals surface area contributed by atoms with Crippen LogP contribution in [0.3, 0.4) is 0 Å². The predicted molar refractivity (Wildman–Crippen MR) is 86.5 cm³/mol. The fraction of sp³-hybridized carbons (Fsp3) is 0.800. The van der Waals surface area contributed by atoms with Crippen LogP contribution in [-0.2, 0) is 23.9 Å². The Labute approximate surface area is 141 Å². The summed E-state index contributed by atoms with van der Waals surface area (Å²) >= 11 is 1.69. The Hall–Kier alpha value is -0.872. The zero-order valence-electron chi connectivity index (χ0n) is 13.6. The Morgan fingerprint density at radius 1 is 1.00 bits per heavy atom. The number of nitrogens with one attached hydrogen (secondary N) is 1. The molecule has 0 aromatic carbocycles. The second-order valence-corrected chi connectivity index (χ2v) is 5.97. The van der Waals surface area contributed by atoms with Crippen molar-refractivity contribution in [2.24, 2.45) is 0 Å². The first-order chi connectivity index (χ1) is 10.6. The summed E-state index contributed by atoms with van der Waals surface area (Å²) < 4.78 is 9.73. The Kier molecular flexibility index (Phi) is 13.2. The SMILES string of the molecule is CCOC(=O)CCNC(C(=O)CCCCC[AsH2])C(=O)OCC. The van der Waals surface area contributed by atoms with Gasteiger partial charge < -0.3 is 0 Å². The molecule has 0 spiro atoms. The minimum absolute atomic E-state index is 0.120.